The summed E-state index contributed by atoms with van der Waals surface area (Å²) in [6.45, 7) is 3.31. The zero-order valence-electron chi connectivity index (χ0n) is 8.50. The highest BCUT2D eigenvalue weighted by Gasteiger charge is 2.21. The molecule has 86 valence electrons. The number of phenols is 1. The Labute approximate surface area is 93.5 Å². The third-order valence-electron chi connectivity index (χ3n) is 2.18. The summed E-state index contributed by atoms with van der Waals surface area (Å²) in [5.74, 6) is 0.0743. The molecule has 0 aliphatic heterocycles. The molecule has 0 bridgehead atoms. The van der Waals surface area contributed by atoms with Crippen molar-refractivity contribution in [2.24, 2.45) is 5.73 Å². The highest BCUT2D eigenvalue weighted by Crippen LogP contribution is 2.28. The number of hydrogen-bond acceptors (Lipinski definition) is 2. The van der Waals surface area contributed by atoms with E-state index in [2.05, 4.69) is 0 Å². The molecule has 0 aliphatic carbocycles. The maximum atomic E-state index is 12.4. The van der Waals surface area contributed by atoms with Crippen molar-refractivity contribution in [3.8, 4) is 5.75 Å². The molecule has 0 fully saturated rings. The van der Waals surface area contributed by atoms with Crippen LogP contribution in [0, 0.1) is 13.8 Å². The number of alkyl halides is 2. The summed E-state index contributed by atoms with van der Waals surface area (Å²) in [5.41, 5.74) is 6.96. The molecule has 1 rings (SSSR count). The summed E-state index contributed by atoms with van der Waals surface area (Å²) in [5, 5.41) is 9.21. The van der Waals surface area contributed by atoms with Gasteiger partial charge in [0.15, 0.2) is 0 Å². The van der Waals surface area contributed by atoms with E-state index < -0.39 is 12.5 Å². The van der Waals surface area contributed by atoms with Crippen LogP contribution in [0.4, 0.5) is 8.78 Å². The molecule has 1 aromatic carbocycles. The molecule has 0 aliphatic rings. The molecule has 3 N–H and O–H groups in total. The minimum Gasteiger partial charge on any atom is -0.508 e. The Hall–Kier alpha value is -0.870. The normalized spacial score (nSPS) is 12.4. The second-order valence-electron chi connectivity index (χ2n) is 3.35. The van der Waals surface area contributed by atoms with E-state index in [4.69, 9.17) is 5.73 Å². The first kappa shape index (κ1) is 14.1. The second kappa shape index (κ2) is 5.28. The zero-order valence-corrected chi connectivity index (χ0v) is 9.31. The van der Waals surface area contributed by atoms with Gasteiger partial charge in [0.2, 0.25) is 0 Å². The van der Waals surface area contributed by atoms with Crippen LogP contribution in [0.25, 0.3) is 0 Å². The van der Waals surface area contributed by atoms with Gasteiger partial charge in [-0.3, -0.25) is 0 Å². The fourth-order valence-electron chi connectivity index (χ4n) is 1.60. The fraction of sp³-hybridized carbons (Fsp3) is 0.400. The maximum absolute atomic E-state index is 12.4. The third kappa shape index (κ3) is 3.04. The van der Waals surface area contributed by atoms with E-state index in [-0.39, 0.29) is 18.2 Å². The van der Waals surface area contributed by atoms with Crippen LogP contribution in [0.1, 0.15) is 22.7 Å². The number of nitrogens with two attached hydrogens (primary N) is 1. The van der Waals surface area contributed by atoms with Crippen molar-refractivity contribution in [1.82, 2.24) is 0 Å². The minimum atomic E-state index is -2.59. The Balaban J connectivity index is 0.00000196. The van der Waals surface area contributed by atoms with Gasteiger partial charge in [0.05, 0.1) is 6.04 Å². The van der Waals surface area contributed by atoms with Crippen LogP contribution < -0.4 is 5.73 Å². The van der Waals surface area contributed by atoms with Crippen molar-refractivity contribution >= 4 is 12.4 Å². The summed E-state index contributed by atoms with van der Waals surface area (Å²) >= 11 is 0. The lowest BCUT2D eigenvalue weighted by Gasteiger charge is -2.16. The summed E-state index contributed by atoms with van der Waals surface area (Å²) < 4.78 is 24.8. The topological polar surface area (TPSA) is 46.2 Å². The Bertz CT molecular complexity index is 321. The van der Waals surface area contributed by atoms with Crippen molar-refractivity contribution in [2.75, 3.05) is 0 Å². The number of aromatic hydroxyl groups is 1. The molecule has 0 heterocycles. The minimum absolute atomic E-state index is 0. The maximum Gasteiger partial charge on any atom is 0.257 e. The van der Waals surface area contributed by atoms with Crippen LogP contribution in [0.2, 0.25) is 0 Å². The highest BCUT2D eigenvalue weighted by molar-refractivity contribution is 5.85. The van der Waals surface area contributed by atoms with E-state index in [9.17, 15) is 13.9 Å². The van der Waals surface area contributed by atoms with E-state index in [0.717, 1.165) is 0 Å². The van der Waals surface area contributed by atoms with Crippen molar-refractivity contribution in [3.05, 3.63) is 28.8 Å². The summed E-state index contributed by atoms with van der Waals surface area (Å²) in [6, 6.07) is 1.59. The van der Waals surface area contributed by atoms with Crippen LogP contribution >= 0.6 is 12.4 Å². The standard InChI is InChI=1S/C10H13F2NO.ClH/c1-5-3-7(14)4-6(2)8(5)9(13)10(11)12;/h3-4,9-10,14H,13H2,1-2H3;1H/t9-;/m0./s1. The number of benzene rings is 1. The van der Waals surface area contributed by atoms with Crippen molar-refractivity contribution in [2.45, 2.75) is 26.3 Å². The van der Waals surface area contributed by atoms with Gasteiger partial charge in [-0.2, -0.15) is 0 Å². The van der Waals surface area contributed by atoms with E-state index in [0.29, 0.717) is 16.7 Å². The van der Waals surface area contributed by atoms with Crippen molar-refractivity contribution in [1.29, 1.82) is 0 Å². The summed E-state index contributed by atoms with van der Waals surface area (Å²) in [6.07, 6.45) is -2.59. The zero-order chi connectivity index (χ0) is 10.9. The number of halogens is 3. The average molecular weight is 238 g/mol. The van der Waals surface area contributed by atoms with Gasteiger partial charge in [0, 0.05) is 0 Å². The quantitative estimate of drug-likeness (QED) is 0.831. The molecule has 1 atom stereocenters. The van der Waals surface area contributed by atoms with Crippen molar-refractivity contribution in [3.63, 3.8) is 0 Å². The average Bonchev–Trinajstić information content (AvgIpc) is 2.01. The lowest BCUT2D eigenvalue weighted by atomic mass is 9.96. The Morgan fingerprint density at radius 3 is 1.93 bits per heavy atom. The third-order valence-corrected chi connectivity index (χ3v) is 2.18. The van der Waals surface area contributed by atoms with Gasteiger partial charge in [-0.05, 0) is 42.7 Å². The first-order chi connectivity index (χ1) is 6.43. The molecule has 0 amide bonds. The van der Waals surface area contributed by atoms with Gasteiger partial charge < -0.3 is 10.8 Å². The summed E-state index contributed by atoms with van der Waals surface area (Å²) in [7, 11) is 0. The molecule has 5 heteroatoms. The molecule has 2 nitrogen and oxygen atoms in total. The first-order valence-corrected chi connectivity index (χ1v) is 4.27. The van der Waals surface area contributed by atoms with Crippen LogP contribution in [-0.4, -0.2) is 11.5 Å². The number of hydrogen-bond donors (Lipinski definition) is 2. The van der Waals surface area contributed by atoms with E-state index in [1.54, 1.807) is 13.8 Å². The lowest BCUT2D eigenvalue weighted by Crippen LogP contribution is -2.21. The molecular weight excluding hydrogens is 224 g/mol. The van der Waals surface area contributed by atoms with Gasteiger partial charge in [0.25, 0.3) is 6.43 Å². The predicted octanol–water partition coefficient (Wildman–Crippen LogP) is 2.70. The Kier molecular flexibility index (Phi) is 4.97. The smallest absolute Gasteiger partial charge is 0.257 e. The highest BCUT2D eigenvalue weighted by atomic mass is 35.5. The monoisotopic (exact) mass is 237 g/mol. The number of rotatable bonds is 2. The van der Waals surface area contributed by atoms with Crippen LogP contribution in [0.15, 0.2) is 12.1 Å². The van der Waals surface area contributed by atoms with Gasteiger partial charge in [-0.25, -0.2) is 8.78 Å². The number of phenolic OH excluding ortho intramolecular Hbond substituents is 1. The van der Waals surface area contributed by atoms with E-state index in [1.807, 2.05) is 0 Å². The fourth-order valence-corrected chi connectivity index (χ4v) is 1.60. The summed E-state index contributed by atoms with van der Waals surface area (Å²) in [4.78, 5) is 0. The molecule has 0 saturated carbocycles. The Morgan fingerprint density at radius 2 is 1.60 bits per heavy atom. The molecule has 15 heavy (non-hydrogen) atoms. The Morgan fingerprint density at radius 1 is 1.20 bits per heavy atom. The molecule has 0 unspecified atom stereocenters. The van der Waals surface area contributed by atoms with Crippen LogP contribution in [-0.2, 0) is 0 Å². The second-order valence-corrected chi connectivity index (χ2v) is 3.35. The van der Waals surface area contributed by atoms with Gasteiger partial charge >= 0.3 is 0 Å². The van der Waals surface area contributed by atoms with E-state index in [1.165, 1.54) is 12.1 Å². The molecule has 0 aromatic heterocycles. The molecular formula is C10H14ClF2NO. The van der Waals surface area contributed by atoms with Crippen LogP contribution in [0.5, 0.6) is 5.75 Å². The SMILES string of the molecule is Cc1cc(O)cc(C)c1[C@H](N)C(F)F.Cl. The largest absolute Gasteiger partial charge is 0.508 e. The molecule has 0 spiro atoms. The van der Waals surface area contributed by atoms with E-state index >= 15 is 0 Å². The first-order valence-electron chi connectivity index (χ1n) is 4.27. The van der Waals surface area contributed by atoms with Crippen molar-refractivity contribution < 1.29 is 13.9 Å². The molecule has 0 saturated heterocycles. The van der Waals surface area contributed by atoms with Crippen LogP contribution in [0.3, 0.4) is 0 Å². The molecule has 0 radical (unpaired) electrons. The lowest BCUT2D eigenvalue weighted by molar-refractivity contribution is 0.116. The van der Waals surface area contributed by atoms with Gasteiger partial charge in [-0.15, -0.1) is 12.4 Å². The predicted molar refractivity (Wildman–Crippen MR) is 57.8 cm³/mol. The van der Waals surface area contributed by atoms with Gasteiger partial charge in [-0.1, -0.05) is 0 Å². The number of aryl methyl sites for hydroxylation is 2. The van der Waals surface area contributed by atoms with Gasteiger partial charge in [0.1, 0.15) is 5.75 Å². The molecule has 1 aromatic rings.